The van der Waals surface area contributed by atoms with E-state index in [1.54, 1.807) is 40.2 Å². The summed E-state index contributed by atoms with van der Waals surface area (Å²) in [5.74, 6) is 1.08. The fraction of sp³-hybridized carbons (Fsp3) is 0.333. The van der Waals surface area contributed by atoms with Crippen LogP contribution in [0.5, 0.6) is 17.2 Å². The van der Waals surface area contributed by atoms with Gasteiger partial charge in [0.25, 0.3) is 5.91 Å². The monoisotopic (exact) mass is 495 g/mol. The number of carbonyl (C=O) groups excluding carboxylic acids is 2. The summed E-state index contributed by atoms with van der Waals surface area (Å²) < 4.78 is 17.7. The van der Waals surface area contributed by atoms with E-state index >= 15 is 0 Å². The molecule has 1 saturated heterocycles. The van der Waals surface area contributed by atoms with Crippen LogP contribution in [-0.4, -0.2) is 72.1 Å². The quantitative estimate of drug-likeness (QED) is 0.452. The number of benzene rings is 1. The van der Waals surface area contributed by atoms with Gasteiger partial charge in [-0.15, -0.1) is 0 Å². The van der Waals surface area contributed by atoms with Gasteiger partial charge in [0.1, 0.15) is 5.82 Å². The SMILES string of the molecule is COc1cc(NC(=O)N2CC[C@@H](NC(=O)c3cc(-c4cnn(C)c4)cnc3N)C2)cc(OC)c1OC. The summed E-state index contributed by atoms with van der Waals surface area (Å²) >= 11 is 0. The van der Waals surface area contributed by atoms with Gasteiger partial charge in [-0.25, -0.2) is 9.78 Å². The van der Waals surface area contributed by atoms with Crippen LogP contribution in [0.25, 0.3) is 11.1 Å². The average molecular weight is 496 g/mol. The number of carbonyl (C=O) groups is 2. The molecule has 4 rings (SSSR count). The predicted octanol–water partition coefficient (Wildman–Crippen LogP) is 2.13. The summed E-state index contributed by atoms with van der Waals surface area (Å²) in [6.45, 7) is 0.822. The maximum Gasteiger partial charge on any atom is 0.321 e. The van der Waals surface area contributed by atoms with Crippen molar-refractivity contribution in [2.45, 2.75) is 12.5 Å². The maximum atomic E-state index is 13.0. The van der Waals surface area contributed by atoms with Crippen LogP contribution in [0.4, 0.5) is 16.3 Å². The number of urea groups is 1. The molecule has 1 aromatic carbocycles. The van der Waals surface area contributed by atoms with Crippen LogP contribution in [0.3, 0.4) is 0 Å². The first-order chi connectivity index (χ1) is 17.3. The topological polar surface area (TPSA) is 146 Å². The molecule has 190 valence electrons. The van der Waals surface area contributed by atoms with Crippen molar-refractivity contribution in [1.29, 1.82) is 0 Å². The zero-order valence-corrected chi connectivity index (χ0v) is 20.6. The third-order valence-electron chi connectivity index (χ3n) is 5.93. The number of anilines is 2. The molecule has 1 fully saturated rings. The van der Waals surface area contributed by atoms with E-state index in [1.165, 1.54) is 21.3 Å². The fourth-order valence-electron chi connectivity index (χ4n) is 4.07. The number of nitrogens with zero attached hydrogens (tertiary/aromatic N) is 4. The third-order valence-corrected chi connectivity index (χ3v) is 5.93. The summed E-state index contributed by atoms with van der Waals surface area (Å²) in [6, 6.07) is 4.46. The van der Waals surface area contributed by atoms with Gasteiger partial charge in [0, 0.05) is 61.8 Å². The minimum atomic E-state index is -0.345. The minimum Gasteiger partial charge on any atom is -0.493 e. The highest BCUT2D eigenvalue weighted by Crippen LogP contribution is 2.40. The van der Waals surface area contributed by atoms with Gasteiger partial charge < -0.3 is 35.5 Å². The molecule has 1 aliphatic rings. The lowest BCUT2D eigenvalue weighted by atomic mass is 10.1. The number of aryl methyl sites for hydroxylation is 1. The van der Waals surface area contributed by atoms with E-state index in [-0.39, 0.29) is 29.4 Å². The van der Waals surface area contributed by atoms with E-state index in [4.69, 9.17) is 19.9 Å². The first-order valence-corrected chi connectivity index (χ1v) is 11.2. The lowest BCUT2D eigenvalue weighted by Gasteiger charge is -2.19. The smallest absolute Gasteiger partial charge is 0.321 e. The number of nitrogens with two attached hydrogens (primary N) is 1. The van der Waals surface area contributed by atoms with Crippen molar-refractivity contribution in [3.05, 3.63) is 42.4 Å². The largest absolute Gasteiger partial charge is 0.493 e. The molecule has 0 radical (unpaired) electrons. The van der Waals surface area contributed by atoms with Gasteiger partial charge in [-0.3, -0.25) is 9.48 Å². The lowest BCUT2D eigenvalue weighted by molar-refractivity contribution is 0.0938. The molecule has 12 nitrogen and oxygen atoms in total. The summed E-state index contributed by atoms with van der Waals surface area (Å²) in [7, 11) is 6.33. The third kappa shape index (κ3) is 5.11. The number of hydrogen-bond acceptors (Lipinski definition) is 8. The number of nitrogens with one attached hydrogen (secondary N) is 2. The van der Waals surface area contributed by atoms with E-state index in [0.29, 0.717) is 42.4 Å². The van der Waals surface area contributed by atoms with Crippen LogP contribution < -0.4 is 30.6 Å². The predicted molar refractivity (Wildman–Crippen MR) is 133 cm³/mol. The first-order valence-electron chi connectivity index (χ1n) is 11.2. The highest BCUT2D eigenvalue weighted by molar-refractivity contribution is 5.99. The number of ether oxygens (including phenoxy) is 3. The number of methoxy groups -OCH3 is 3. The van der Waals surface area contributed by atoms with Gasteiger partial charge in [0.2, 0.25) is 5.75 Å². The highest BCUT2D eigenvalue weighted by Gasteiger charge is 2.29. The summed E-state index contributed by atoms with van der Waals surface area (Å²) in [5.41, 5.74) is 8.31. The van der Waals surface area contributed by atoms with E-state index in [9.17, 15) is 9.59 Å². The Labute approximate surface area is 208 Å². The number of pyridine rings is 1. The number of rotatable bonds is 7. The number of likely N-dealkylation sites (tertiary alicyclic amines) is 1. The second kappa shape index (κ2) is 10.4. The molecule has 0 spiro atoms. The molecule has 36 heavy (non-hydrogen) atoms. The standard InChI is InChI=1S/C24H29N7O5/c1-30-12-15(11-27-30)14-7-18(22(25)26-10-14)23(32)28-16-5-6-31(13-16)24(33)29-17-8-19(34-2)21(36-4)20(9-17)35-3/h7-12,16H,5-6,13H2,1-4H3,(H2,25,26)(H,28,32)(H,29,33)/t16-/m1/s1. The Balaban J connectivity index is 1.40. The zero-order chi connectivity index (χ0) is 25.8. The highest BCUT2D eigenvalue weighted by atomic mass is 16.5. The van der Waals surface area contributed by atoms with E-state index in [2.05, 4.69) is 20.7 Å². The molecule has 1 atom stereocenters. The number of amides is 3. The van der Waals surface area contributed by atoms with Crippen molar-refractivity contribution >= 4 is 23.4 Å². The molecule has 1 aliphatic heterocycles. The number of nitrogen functional groups attached to an aromatic ring is 1. The molecule has 4 N–H and O–H groups in total. The molecule has 2 aromatic heterocycles. The van der Waals surface area contributed by atoms with Crippen molar-refractivity contribution in [3.8, 4) is 28.4 Å². The van der Waals surface area contributed by atoms with Crippen LogP contribution >= 0.6 is 0 Å². The van der Waals surface area contributed by atoms with Gasteiger partial charge in [0.05, 0.1) is 38.8 Å². The van der Waals surface area contributed by atoms with Crippen LogP contribution in [0, 0.1) is 0 Å². The molecule has 3 heterocycles. The lowest BCUT2D eigenvalue weighted by Crippen LogP contribution is -2.40. The molecule has 3 amide bonds. The van der Waals surface area contributed by atoms with Crippen LogP contribution in [0.15, 0.2) is 36.8 Å². The van der Waals surface area contributed by atoms with Crippen molar-refractivity contribution in [2.75, 3.05) is 45.5 Å². The van der Waals surface area contributed by atoms with E-state index in [1.807, 2.05) is 13.2 Å². The Hall–Kier alpha value is -4.48. The van der Waals surface area contributed by atoms with Crippen molar-refractivity contribution < 1.29 is 23.8 Å². The fourth-order valence-corrected chi connectivity index (χ4v) is 4.07. The molecule has 0 unspecified atom stereocenters. The van der Waals surface area contributed by atoms with Crippen LogP contribution in [0.2, 0.25) is 0 Å². The normalized spacial score (nSPS) is 14.9. The molecule has 12 heteroatoms. The van der Waals surface area contributed by atoms with Gasteiger partial charge in [-0.2, -0.15) is 5.10 Å². The molecule has 0 aliphatic carbocycles. The van der Waals surface area contributed by atoms with Crippen LogP contribution in [0.1, 0.15) is 16.8 Å². The molecule has 0 bridgehead atoms. The average Bonchev–Trinajstić information content (AvgIpc) is 3.52. The number of hydrogen-bond donors (Lipinski definition) is 3. The van der Waals surface area contributed by atoms with Gasteiger partial charge in [-0.1, -0.05) is 0 Å². The Morgan fingerprint density at radius 2 is 1.78 bits per heavy atom. The summed E-state index contributed by atoms with van der Waals surface area (Å²) in [5, 5.41) is 9.96. The van der Waals surface area contributed by atoms with Gasteiger partial charge >= 0.3 is 6.03 Å². The molecule has 3 aromatic rings. The minimum absolute atomic E-state index is 0.134. The Kier molecular flexibility index (Phi) is 7.13. The summed E-state index contributed by atoms with van der Waals surface area (Å²) in [6.07, 6.45) is 5.73. The van der Waals surface area contributed by atoms with Crippen molar-refractivity contribution in [1.82, 2.24) is 25.0 Å². The zero-order valence-electron chi connectivity index (χ0n) is 20.6. The van der Waals surface area contributed by atoms with Crippen molar-refractivity contribution in [3.63, 3.8) is 0 Å². The Morgan fingerprint density at radius 3 is 2.39 bits per heavy atom. The van der Waals surface area contributed by atoms with E-state index < -0.39 is 0 Å². The van der Waals surface area contributed by atoms with Gasteiger partial charge in [0.15, 0.2) is 11.5 Å². The first kappa shape index (κ1) is 24.6. The molecular weight excluding hydrogens is 466 g/mol. The second-order valence-corrected chi connectivity index (χ2v) is 8.31. The summed E-state index contributed by atoms with van der Waals surface area (Å²) in [4.78, 5) is 31.6. The maximum absolute atomic E-state index is 13.0. The molecular formula is C24H29N7O5. The van der Waals surface area contributed by atoms with E-state index in [0.717, 1.165) is 11.1 Å². The number of aromatic nitrogens is 3. The Bertz CT molecular complexity index is 1250. The van der Waals surface area contributed by atoms with Gasteiger partial charge in [-0.05, 0) is 12.5 Å². The second-order valence-electron chi connectivity index (χ2n) is 8.31. The van der Waals surface area contributed by atoms with Crippen molar-refractivity contribution in [2.24, 2.45) is 7.05 Å². The van der Waals surface area contributed by atoms with Crippen LogP contribution in [-0.2, 0) is 7.05 Å². The molecule has 0 saturated carbocycles. The Morgan fingerprint density at radius 1 is 1.06 bits per heavy atom.